The fraction of sp³-hybridized carbons (Fsp3) is 0.444. The van der Waals surface area contributed by atoms with Crippen molar-refractivity contribution in [1.29, 1.82) is 0 Å². The van der Waals surface area contributed by atoms with Crippen LogP contribution in [0.2, 0.25) is 0 Å². The third-order valence-corrected chi connectivity index (χ3v) is 6.01. The molecule has 0 amide bonds. The number of rotatable bonds is 4. The van der Waals surface area contributed by atoms with E-state index in [-0.39, 0.29) is 23.1 Å². The number of alkyl halides is 3. The van der Waals surface area contributed by atoms with Gasteiger partial charge in [0.1, 0.15) is 21.3 Å². The molecule has 0 N–H and O–H groups in total. The first-order chi connectivity index (χ1) is 14.1. The molecule has 4 heterocycles. The van der Waals surface area contributed by atoms with Gasteiger partial charge in [0.2, 0.25) is 0 Å². The van der Waals surface area contributed by atoms with Crippen LogP contribution in [0.3, 0.4) is 0 Å². The van der Waals surface area contributed by atoms with Crippen LogP contribution >= 0.6 is 0 Å². The van der Waals surface area contributed by atoms with E-state index in [0.717, 1.165) is 25.2 Å². The van der Waals surface area contributed by atoms with E-state index in [4.69, 9.17) is 0 Å². The molecule has 3 aromatic rings. The number of piperidine rings is 1. The Hall–Kier alpha value is -2.76. The van der Waals surface area contributed by atoms with Crippen molar-refractivity contribution in [2.75, 3.05) is 30.0 Å². The van der Waals surface area contributed by atoms with Crippen LogP contribution < -0.4 is 4.90 Å². The Balaban J connectivity index is 1.65. The normalized spacial score (nSPS) is 18.1. The van der Waals surface area contributed by atoms with Crippen molar-refractivity contribution < 1.29 is 21.6 Å². The monoisotopic (exact) mass is 440 g/mol. The van der Waals surface area contributed by atoms with Crippen LogP contribution in [-0.4, -0.2) is 57.9 Å². The predicted octanol–water partition coefficient (Wildman–Crippen LogP) is 2.47. The first-order valence-corrected chi connectivity index (χ1v) is 11.3. The van der Waals surface area contributed by atoms with E-state index in [1.165, 1.54) is 23.1 Å². The summed E-state index contributed by atoms with van der Waals surface area (Å²) in [5.74, 6) is 0.938. The average molecular weight is 440 g/mol. The lowest BCUT2D eigenvalue weighted by Gasteiger charge is -2.33. The van der Waals surface area contributed by atoms with Gasteiger partial charge in [-0.25, -0.2) is 28.4 Å². The molecule has 0 bridgehead atoms. The molecule has 1 atom stereocenters. The van der Waals surface area contributed by atoms with Crippen molar-refractivity contribution in [3.63, 3.8) is 0 Å². The van der Waals surface area contributed by atoms with Crippen molar-refractivity contribution >= 4 is 21.3 Å². The number of anilines is 1. The minimum atomic E-state index is -4.58. The van der Waals surface area contributed by atoms with E-state index in [2.05, 4.69) is 19.9 Å². The SMILES string of the molecule is CS(=O)(=O)CC1CCCN(c2ccnc(-c3cnc4cnc(C(F)(F)F)cn34)n2)C1. The summed E-state index contributed by atoms with van der Waals surface area (Å²) in [5.41, 5.74) is -0.479. The highest BCUT2D eigenvalue weighted by atomic mass is 32.2. The highest BCUT2D eigenvalue weighted by Gasteiger charge is 2.33. The molecule has 160 valence electrons. The molecule has 1 unspecified atom stereocenters. The van der Waals surface area contributed by atoms with E-state index in [1.807, 2.05) is 4.90 Å². The Morgan fingerprint density at radius 3 is 2.73 bits per heavy atom. The number of imidazole rings is 1. The number of hydrogen-bond donors (Lipinski definition) is 0. The van der Waals surface area contributed by atoms with Crippen molar-refractivity contribution in [1.82, 2.24) is 24.3 Å². The smallest absolute Gasteiger partial charge is 0.356 e. The minimum Gasteiger partial charge on any atom is -0.356 e. The van der Waals surface area contributed by atoms with Crippen molar-refractivity contribution in [2.45, 2.75) is 19.0 Å². The summed E-state index contributed by atoms with van der Waals surface area (Å²) in [6.45, 7) is 1.25. The average Bonchev–Trinajstić information content (AvgIpc) is 3.09. The second-order valence-corrected chi connectivity index (χ2v) is 9.61. The van der Waals surface area contributed by atoms with E-state index in [0.29, 0.717) is 24.6 Å². The molecule has 1 aliphatic heterocycles. The van der Waals surface area contributed by atoms with Crippen LogP contribution in [0, 0.1) is 5.92 Å². The molecular weight excluding hydrogens is 421 g/mol. The molecule has 30 heavy (non-hydrogen) atoms. The Bertz CT molecular complexity index is 1180. The molecule has 8 nitrogen and oxygen atoms in total. The number of halogens is 3. The van der Waals surface area contributed by atoms with Crippen LogP contribution in [0.15, 0.2) is 30.9 Å². The van der Waals surface area contributed by atoms with Crippen LogP contribution in [0.4, 0.5) is 19.0 Å². The standard InChI is InChI=1S/C18H19F3N6O2S/c1-30(28,29)11-12-3-2-6-26(9-12)15-4-5-22-17(25-15)13-7-24-16-8-23-14(10-27(13)16)18(19,20)21/h4-5,7-8,10,12H,2-3,6,9,11H2,1H3. The first kappa shape index (κ1) is 20.5. The predicted molar refractivity (Wildman–Crippen MR) is 104 cm³/mol. The topological polar surface area (TPSA) is 93.4 Å². The Morgan fingerprint density at radius 1 is 1.20 bits per heavy atom. The second-order valence-electron chi connectivity index (χ2n) is 7.43. The molecule has 0 aliphatic carbocycles. The van der Waals surface area contributed by atoms with Crippen LogP contribution in [0.5, 0.6) is 0 Å². The maximum absolute atomic E-state index is 13.0. The van der Waals surface area contributed by atoms with Gasteiger partial charge in [0.25, 0.3) is 0 Å². The minimum absolute atomic E-state index is 0.00313. The third-order valence-electron chi connectivity index (χ3n) is 4.94. The van der Waals surface area contributed by atoms with Crippen molar-refractivity contribution in [3.05, 3.63) is 36.5 Å². The number of aromatic nitrogens is 5. The molecule has 0 aromatic carbocycles. The Morgan fingerprint density at radius 2 is 2.00 bits per heavy atom. The molecule has 12 heteroatoms. The zero-order chi connectivity index (χ0) is 21.5. The zero-order valence-corrected chi connectivity index (χ0v) is 16.9. The Labute approximate surface area is 170 Å². The quantitative estimate of drug-likeness (QED) is 0.615. The number of fused-ring (bicyclic) bond motifs is 1. The maximum atomic E-state index is 13.0. The van der Waals surface area contributed by atoms with Crippen molar-refractivity contribution in [3.8, 4) is 11.5 Å². The third kappa shape index (κ3) is 4.37. The summed E-state index contributed by atoms with van der Waals surface area (Å²) >= 11 is 0. The van der Waals surface area contributed by atoms with Gasteiger partial charge in [-0.15, -0.1) is 0 Å². The number of sulfone groups is 1. The summed E-state index contributed by atoms with van der Waals surface area (Å²) in [5, 5.41) is 0. The maximum Gasteiger partial charge on any atom is 0.434 e. The molecule has 1 aliphatic rings. The summed E-state index contributed by atoms with van der Waals surface area (Å²) < 4.78 is 63.7. The van der Waals surface area contributed by atoms with Crippen LogP contribution in [0.25, 0.3) is 17.2 Å². The summed E-state index contributed by atoms with van der Waals surface area (Å²) in [6.07, 6.45) is 3.15. The molecule has 0 radical (unpaired) electrons. The van der Waals surface area contributed by atoms with Gasteiger partial charge in [0.05, 0.1) is 18.1 Å². The van der Waals surface area contributed by atoms with Gasteiger partial charge in [-0.05, 0) is 24.8 Å². The lowest BCUT2D eigenvalue weighted by Crippen LogP contribution is -2.38. The van der Waals surface area contributed by atoms with Gasteiger partial charge in [-0.1, -0.05) is 0 Å². The molecule has 3 aromatic heterocycles. The fourth-order valence-corrected chi connectivity index (χ4v) is 4.82. The van der Waals surface area contributed by atoms with Gasteiger partial charge in [0, 0.05) is 31.7 Å². The van der Waals surface area contributed by atoms with E-state index in [9.17, 15) is 21.6 Å². The van der Waals surface area contributed by atoms with E-state index < -0.39 is 21.7 Å². The largest absolute Gasteiger partial charge is 0.434 e. The highest BCUT2D eigenvalue weighted by molar-refractivity contribution is 7.90. The zero-order valence-electron chi connectivity index (χ0n) is 16.0. The van der Waals surface area contributed by atoms with Gasteiger partial charge in [-0.3, -0.25) is 4.40 Å². The summed E-state index contributed by atoms with van der Waals surface area (Å²) in [6, 6.07) is 1.71. The molecule has 0 saturated carbocycles. The van der Waals surface area contributed by atoms with Gasteiger partial charge >= 0.3 is 6.18 Å². The lowest BCUT2D eigenvalue weighted by atomic mass is 10.0. The van der Waals surface area contributed by atoms with Crippen LogP contribution in [0.1, 0.15) is 18.5 Å². The van der Waals surface area contributed by atoms with Gasteiger partial charge < -0.3 is 4.90 Å². The molecule has 1 saturated heterocycles. The molecule has 1 fully saturated rings. The second kappa shape index (κ2) is 7.49. The molecule has 0 spiro atoms. The van der Waals surface area contributed by atoms with Crippen molar-refractivity contribution in [2.24, 2.45) is 5.92 Å². The number of hydrogen-bond acceptors (Lipinski definition) is 7. The fourth-order valence-electron chi connectivity index (χ4n) is 3.69. The van der Waals surface area contributed by atoms with Gasteiger partial charge in [-0.2, -0.15) is 13.2 Å². The highest BCUT2D eigenvalue weighted by Crippen LogP contribution is 2.29. The molecule has 4 rings (SSSR count). The Kier molecular flexibility index (Phi) is 5.12. The lowest BCUT2D eigenvalue weighted by molar-refractivity contribution is -0.141. The number of nitrogens with zero attached hydrogens (tertiary/aromatic N) is 6. The van der Waals surface area contributed by atoms with E-state index in [1.54, 1.807) is 6.07 Å². The summed E-state index contributed by atoms with van der Waals surface area (Å²) in [4.78, 5) is 18.2. The first-order valence-electron chi connectivity index (χ1n) is 9.26. The van der Waals surface area contributed by atoms with Gasteiger partial charge in [0.15, 0.2) is 17.2 Å². The van der Waals surface area contributed by atoms with E-state index >= 15 is 0 Å². The molecular formula is C18H19F3N6O2S. The summed E-state index contributed by atoms with van der Waals surface area (Å²) in [7, 11) is -3.08. The van der Waals surface area contributed by atoms with Crippen LogP contribution in [-0.2, 0) is 16.0 Å².